The predicted molar refractivity (Wildman–Crippen MR) is 49.9 cm³/mol. The number of rotatable bonds is 1. The minimum absolute atomic E-state index is 0.490. The third-order valence-corrected chi connectivity index (χ3v) is 1.51. The van der Waals surface area contributed by atoms with Crippen LogP contribution in [0.25, 0.3) is 0 Å². The smallest absolute Gasteiger partial charge is 0.384 e. The van der Waals surface area contributed by atoms with E-state index >= 15 is 0 Å². The van der Waals surface area contributed by atoms with E-state index in [0.717, 1.165) is 5.56 Å². The van der Waals surface area contributed by atoms with Gasteiger partial charge in [0.25, 0.3) is 0 Å². The molecule has 0 atom stereocenters. The number of hydrogen-bond donors (Lipinski definition) is 0. The van der Waals surface area contributed by atoms with E-state index < -0.39 is 5.97 Å². The van der Waals surface area contributed by atoms with Crippen LogP contribution in [-0.2, 0) is 16.0 Å². The Morgan fingerprint density at radius 1 is 1.38 bits per heavy atom. The van der Waals surface area contributed by atoms with Crippen LogP contribution in [0.4, 0.5) is 0 Å². The predicted octanol–water partition coefficient (Wildman–Crippen LogP) is 1.41. The molecule has 1 aromatic rings. The first-order valence-electron chi connectivity index (χ1n) is 3.93. The van der Waals surface area contributed by atoms with E-state index in [0.29, 0.717) is 6.42 Å². The molecule has 2 heteroatoms. The van der Waals surface area contributed by atoms with E-state index in [1.807, 2.05) is 30.3 Å². The molecule has 0 aliphatic heterocycles. The standard InChI is InChI=1S/C11H10O2/c1-13-11(12)9-5-8-10-6-3-2-4-7-10/h2-4,6-7H,8H2,1H3. The quantitative estimate of drug-likeness (QED) is 0.365. The molecule has 0 aliphatic carbocycles. The lowest BCUT2D eigenvalue weighted by atomic mass is 10.2. The Labute approximate surface area is 77.5 Å². The van der Waals surface area contributed by atoms with Crippen molar-refractivity contribution in [3.8, 4) is 11.8 Å². The summed E-state index contributed by atoms with van der Waals surface area (Å²) in [5.41, 5.74) is 1.10. The summed E-state index contributed by atoms with van der Waals surface area (Å²) in [5.74, 6) is 4.61. The molecule has 0 heterocycles. The summed E-state index contributed by atoms with van der Waals surface area (Å²) in [6.45, 7) is 0. The maximum absolute atomic E-state index is 10.6. The highest BCUT2D eigenvalue weighted by molar-refractivity contribution is 5.88. The highest BCUT2D eigenvalue weighted by Gasteiger charge is 1.89. The lowest BCUT2D eigenvalue weighted by Crippen LogP contribution is -1.94. The van der Waals surface area contributed by atoms with E-state index in [9.17, 15) is 4.79 Å². The van der Waals surface area contributed by atoms with Crippen LogP contribution in [0.5, 0.6) is 0 Å². The molecule has 0 fully saturated rings. The largest absolute Gasteiger partial charge is 0.459 e. The van der Waals surface area contributed by atoms with Crippen molar-refractivity contribution in [2.75, 3.05) is 7.11 Å². The topological polar surface area (TPSA) is 26.3 Å². The second-order valence-corrected chi connectivity index (χ2v) is 2.46. The zero-order valence-electron chi connectivity index (χ0n) is 7.41. The minimum atomic E-state index is -0.490. The summed E-state index contributed by atoms with van der Waals surface area (Å²) in [4.78, 5) is 10.6. The molecule has 0 unspecified atom stereocenters. The molecule has 2 nitrogen and oxygen atoms in total. The van der Waals surface area contributed by atoms with Gasteiger partial charge in [0.05, 0.1) is 7.11 Å². The molecule has 0 spiro atoms. The third kappa shape index (κ3) is 3.44. The number of hydrogen-bond acceptors (Lipinski definition) is 2. The van der Waals surface area contributed by atoms with E-state index in [-0.39, 0.29) is 0 Å². The Bertz CT molecular complexity index is 330. The van der Waals surface area contributed by atoms with Gasteiger partial charge in [0.2, 0.25) is 0 Å². The number of carbonyl (C=O) groups is 1. The summed E-state index contributed by atoms with van der Waals surface area (Å²) in [6.07, 6.45) is 0.579. The summed E-state index contributed by atoms with van der Waals surface area (Å²) in [7, 11) is 1.32. The SMILES string of the molecule is COC(=O)C#CCc1ccccc1. The first kappa shape index (κ1) is 9.34. The molecule has 0 aromatic heterocycles. The molecular weight excluding hydrogens is 164 g/mol. The van der Waals surface area contributed by atoms with Crippen LogP contribution >= 0.6 is 0 Å². The molecule has 0 aliphatic rings. The van der Waals surface area contributed by atoms with Crippen LogP contribution in [0.15, 0.2) is 30.3 Å². The van der Waals surface area contributed by atoms with Gasteiger partial charge in [0, 0.05) is 12.3 Å². The fraction of sp³-hybridized carbons (Fsp3) is 0.182. The van der Waals surface area contributed by atoms with Crippen molar-refractivity contribution in [2.45, 2.75) is 6.42 Å². The van der Waals surface area contributed by atoms with Gasteiger partial charge in [-0.1, -0.05) is 36.3 Å². The van der Waals surface area contributed by atoms with Gasteiger partial charge in [-0.25, -0.2) is 4.79 Å². The maximum Gasteiger partial charge on any atom is 0.384 e. The highest BCUT2D eigenvalue weighted by atomic mass is 16.5. The van der Waals surface area contributed by atoms with Gasteiger partial charge in [0.15, 0.2) is 0 Å². The van der Waals surface area contributed by atoms with Crippen molar-refractivity contribution < 1.29 is 9.53 Å². The average molecular weight is 174 g/mol. The van der Waals surface area contributed by atoms with Gasteiger partial charge in [-0.05, 0) is 5.56 Å². The van der Waals surface area contributed by atoms with Crippen LogP contribution in [0.2, 0.25) is 0 Å². The second-order valence-electron chi connectivity index (χ2n) is 2.46. The van der Waals surface area contributed by atoms with Gasteiger partial charge >= 0.3 is 5.97 Å². The monoisotopic (exact) mass is 174 g/mol. The molecule has 13 heavy (non-hydrogen) atoms. The number of benzene rings is 1. The average Bonchev–Trinajstić information content (AvgIpc) is 2.19. The Hall–Kier alpha value is -1.75. The molecule has 0 bridgehead atoms. The lowest BCUT2D eigenvalue weighted by molar-refractivity contribution is -0.133. The van der Waals surface area contributed by atoms with Crippen LogP contribution in [0.3, 0.4) is 0 Å². The minimum Gasteiger partial charge on any atom is -0.459 e. The Kier molecular flexibility index (Phi) is 3.59. The highest BCUT2D eigenvalue weighted by Crippen LogP contribution is 1.97. The van der Waals surface area contributed by atoms with Gasteiger partial charge in [-0.15, -0.1) is 0 Å². The van der Waals surface area contributed by atoms with E-state index in [2.05, 4.69) is 16.6 Å². The Morgan fingerprint density at radius 3 is 2.69 bits per heavy atom. The van der Waals surface area contributed by atoms with Crippen molar-refractivity contribution in [3.63, 3.8) is 0 Å². The molecule has 1 aromatic carbocycles. The Balaban J connectivity index is 2.51. The van der Waals surface area contributed by atoms with E-state index in [4.69, 9.17) is 0 Å². The molecule has 0 saturated carbocycles. The summed E-state index contributed by atoms with van der Waals surface area (Å²) in [5, 5.41) is 0. The van der Waals surface area contributed by atoms with E-state index in [1.54, 1.807) is 0 Å². The lowest BCUT2D eigenvalue weighted by Gasteiger charge is -1.91. The molecule has 66 valence electrons. The number of carbonyl (C=O) groups excluding carboxylic acids is 1. The maximum atomic E-state index is 10.6. The first-order valence-corrected chi connectivity index (χ1v) is 3.93. The van der Waals surface area contributed by atoms with Crippen molar-refractivity contribution in [1.82, 2.24) is 0 Å². The fourth-order valence-corrected chi connectivity index (χ4v) is 0.865. The summed E-state index contributed by atoms with van der Waals surface area (Å²) in [6, 6.07) is 9.75. The second kappa shape index (κ2) is 5.00. The van der Waals surface area contributed by atoms with E-state index in [1.165, 1.54) is 7.11 Å². The summed E-state index contributed by atoms with van der Waals surface area (Å²) >= 11 is 0. The van der Waals surface area contributed by atoms with Gasteiger partial charge in [-0.3, -0.25) is 0 Å². The number of methoxy groups -OCH3 is 1. The fourth-order valence-electron chi connectivity index (χ4n) is 0.865. The molecule has 0 N–H and O–H groups in total. The third-order valence-electron chi connectivity index (χ3n) is 1.51. The van der Waals surface area contributed by atoms with Crippen molar-refractivity contribution in [3.05, 3.63) is 35.9 Å². The first-order chi connectivity index (χ1) is 6.33. The van der Waals surface area contributed by atoms with Gasteiger partial charge in [0.1, 0.15) is 0 Å². The molecule has 0 radical (unpaired) electrons. The van der Waals surface area contributed by atoms with Crippen molar-refractivity contribution >= 4 is 5.97 Å². The van der Waals surface area contributed by atoms with Gasteiger partial charge < -0.3 is 4.74 Å². The van der Waals surface area contributed by atoms with Crippen LogP contribution in [0, 0.1) is 11.8 Å². The zero-order valence-corrected chi connectivity index (χ0v) is 7.41. The number of esters is 1. The number of ether oxygens (including phenoxy) is 1. The Morgan fingerprint density at radius 2 is 2.08 bits per heavy atom. The normalized spacial score (nSPS) is 8.38. The molecule has 0 saturated heterocycles. The van der Waals surface area contributed by atoms with Crippen molar-refractivity contribution in [1.29, 1.82) is 0 Å². The zero-order chi connectivity index (χ0) is 9.52. The van der Waals surface area contributed by atoms with Crippen molar-refractivity contribution in [2.24, 2.45) is 0 Å². The molecular formula is C11H10O2. The van der Waals surface area contributed by atoms with Crippen LogP contribution in [0.1, 0.15) is 5.56 Å². The van der Waals surface area contributed by atoms with Gasteiger partial charge in [-0.2, -0.15) is 0 Å². The molecule has 0 amide bonds. The molecule has 1 rings (SSSR count). The van der Waals surface area contributed by atoms with Crippen LogP contribution in [-0.4, -0.2) is 13.1 Å². The van der Waals surface area contributed by atoms with Crippen LogP contribution < -0.4 is 0 Å². The summed E-state index contributed by atoms with van der Waals surface area (Å²) < 4.78 is 4.38.